The number of aromatic nitrogens is 2. The van der Waals surface area contributed by atoms with E-state index in [1.807, 2.05) is 13.0 Å². The lowest BCUT2D eigenvalue weighted by atomic mass is 10.1. The number of rotatable bonds is 4. The minimum Gasteiger partial charge on any atom is -0.506 e. The maximum absolute atomic E-state index is 13.4. The van der Waals surface area contributed by atoms with Gasteiger partial charge in [-0.15, -0.1) is 0 Å². The summed E-state index contributed by atoms with van der Waals surface area (Å²) >= 11 is 0. The standard InChI is InChI=1S/C23H18FN3O3/c1-2-14-5-3-6-16(13-14)26-22(29)19-20(28)18-7-4-12-25-21(18)27(23(19)30)17-10-8-15(24)9-11-17/h3-13,28H,2H2,1H3,(H,26,29). The molecule has 7 heteroatoms. The van der Waals surface area contributed by atoms with E-state index in [4.69, 9.17) is 0 Å². The Morgan fingerprint density at radius 1 is 1.13 bits per heavy atom. The first-order valence-electron chi connectivity index (χ1n) is 9.38. The number of amides is 1. The molecule has 1 amide bonds. The highest BCUT2D eigenvalue weighted by Gasteiger charge is 2.23. The molecule has 0 radical (unpaired) electrons. The van der Waals surface area contributed by atoms with E-state index < -0.39 is 28.6 Å². The van der Waals surface area contributed by atoms with Gasteiger partial charge >= 0.3 is 0 Å². The molecule has 150 valence electrons. The molecular formula is C23H18FN3O3. The van der Waals surface area contributed by atoms with Gasteiger partial charge in [0, 0.05) is 11.9 Å². The van der Waals surface area contributed by atoms with Gasteiger partial charge in [0.15, 0.2) is 5.65 Å². The summed E-state index contributed by atoms with van der Waals surface area (Å²) in [5.41, 5.74) is 0.848. The molecule has 0 fully saturated rings. The number of hydrogen-bond donors (Lipinski definition) is 2. The minimum absolute atomic E-state index is 0.163. The van der Waals surface area contributed by atoms with Crippen molar-refractivity contribution in [1.82, 2.24) is 9.55 Å². The van der Waals surface area contributed by atoms with Crippen molar-refractivity contribution in [3.05, 3.63) is 94.2 Å². The van der Waals surface area contributed by atoms with Gasteiger partial charge in [-0.3, -0.25) is 14.2 Å². The van der Waals surface area contributed by atoms with Crippen molar-refractivity contribution in [2.24, 2.45) is 0 Å². The van der Waals surface area contributed by atoms with Gasteiger partial charge in [-0.2, -0.15) is 0 Å². The highest BCUT2D eigenvalue weighted by atomic mass is 19.1. The van der Waals surface area contributed by atoms with Crippen LogP contribution < -0.4 is 10.9 Å². The molecule has 0 aliphatic carbocycles. The van der Waals surface area contributed by atoms with Crippen molar-refractivity contribution in [3.8, 4) is 11.4 Å². The third kappa shape index (κ3) is 3.41. The van der Waals surface area contributed by atoms with Crippen molar-refractivity contribution in [2.75, 3.05) is 5.32 Å². The SMILES string of the molecule is CCc1cccc(NC(=O)c2c(O)c3cccnc3n(-c3ccc(F)cc3)c2=O)c1. The monoisotopic (exact) mass is 403 g/mol. The van der Waals surface area contributed by atoms with Crippen LogP contribution in [0.4, 0.5) is 10.1 Å². The van der Waals surface area contributed by atoms with E-state index in [0.717, 1.165) is 12.0 Å². The molecule has 30 heavy (non-hydrogen) atoms. The Labute approximate surface area is 171 Å². The van der Waals surface area contributed by atoms with E-state index in [2.05, 4.69) is 10.3 Å². The summed E-state index contributed by atoms with van der Waals surface area (Å²) in [6.45, 7) is 1.99. The fourth-order valence-corrected chi connectivity index (χ4v) is 3.30. The van der Waals surface area contributed by atoms with Gasteiger partial charge in [-0.1, -0.05) is 19.1 Å². The van der Waals surface area contributed by atoms with Crippen molar-refractivity contribution >= 4 is 22.6 Å². The molecule has 2 aromatic carbocycles. The Hall–Kier alpha value is -4.00. The van der Waals surface area contributed by atoms with Crippen LogP contribution in [0.3, 0.4) is 0 Å². The lowest BCUT2D eigenvalue weighted by molar-refractivity contribution is 0.102. The van der Waals surface area contributed by atoms with Crippen LogP contribution in [0.2, 0.25) is 0 Å². The molecule has 6 nitrogen and oxygen atoms in total. The lowest BCUT2D eigenvalue weighted by Gasteiger charge is -2.14. The van der Waals surface area contributed by atoms with Crippen molar-refractivity contribution < 1.29 is 14.3 Å². The number of halogens is 1. The number of carbonyl (C=O) groups is 1. The highest BCUT2D eigenvalue weighted by molar-refractivity contribution is 6.09. The topological polar surface area (TPSA) is 84.2 Å². The summed E-state index contributed by atoms with van der Waals surface area (Å²) in [7, 11) is 0. The molecule has 4 aromatic rings. The lowest BCUT2D eigenvalue weighted by Crippen LogP contribution is -2.29. The first-order chi connectivity index (χ1) is 14.5. The predicted molar refractivity (Wildman–Crippen MR) is 113 cm³/mol. The number of hydrogen-bond acceptors (Lipinski definition) is 4. The van der Waals surface area contributed by atoms with Gasteiger partial charge in [0.2, 0.25) is 0 Å². The largest absolute Gasteiger partial charge is 0.506 e. The summed E-state index contributed by atoms with van der Waals surface area (Å²) < 4.78 is 14.6. The smallest absolute Gasteiger partial charge is 0.273 e. The Morgan fingerprint density at radius 2 is 1.90 bits per heavy atom. The Kier molecular flexibility index (Phi) is 5.02. The summed E-state index contributed by atoms with van der Waals surface area (Å²) in [6.07, 6.45) is 2.26. The van der Waals surface area contributed by atoms with Crippen molar-refractivity contribution in [3.63, 3.8) is 0 Å². The van der Waals surface area contributed by atoms with E-state index in [1.54, 1.807) is 30.3 Å². The molecule has 2 aromatic heterocycles. The van der Waals surface area contributed by atoms with Gasteiger partial charge in [-0.05, 0) is 60.5 Å². The Morgan fingerprint density at radius 3 is 2.63 bits per heavy atom. The molecule has 4 rings (SSSR count). The van der Waals surface area contributed by atoms with Crippen LogP contribution in [-0.4, -0.2) is 20.6 Å². The number of nitrogens with one attached hydrogen (secondary N) is 1. The van der Waals surface area contributed by atoms with Gasteiger partial charge in [0.25, 0.3) is 11.5 Å². The first kappa shape index (κ1) is 19.3. The van der Waals surface area contributed by atoms with E-state index in [9.17, 15) is 19.1 Å². The minimum atomic E-state index is -0.755. The zero-order valence-corrected chi connectivity index (χ0v) is 16.1. The molecule has 0 atom stereocenters. The highest BCUT2D eigenvalue weighted by Crippen LogP contribution is 2.27. The van der Waals surface area contributed by atoms with Crippen LogP contribution in [0.1, 0.15) is 22.8 Å². The van der Waals surface area contributed by atoms with Crippen molar-refractivity contribution in [2.45, 2.75) is 13.3 Å². The molecule has 0 spiro atoms. The first-order valence-corrected chi connectivity index (χ1v) is 9.38. The van der Waals surface area contributed by atoms with Crippen LogP contribution in [0.25, 0.3) is 16.7 Å². The number of carbonyl (C=O) groups excluding carboxylic acids is 1. The fraction of sp³-hybridized carbons (Fsp3) is 0.0870. The van der Waals surface area contributed by atoms with Gasteiger partial charge in [-0.25, -0.2) is 9.37 Å². The second kappa shape index (κ2) is 7.79. The van der Waals surface area contributed by atoms with Crippen LogP contribution >= 0.6 is 0 Å². The van der Waals surface area contributed by atoms with E-state index in [0.29, 0.717) is 11.4 Å². The maximum Gasteiger partial charge on any atom is 0.273 e. The van der Waals surface area contributed by atoms with Crippen molar-refractivity contribution in [1.29, 1.82) is 0 Å². The molecule has 0 aliphatic heterocycles. The van der Waals surface area contributed by atoms with E-state index >= 15 is 0 Å². The number of aromatic hydroxyl groups is 1. The summed E-state index contributed by atoms with van der Waals surface area (Å²) in [5, 5.41) is 13.6. The summed E-state index contributed by atoms with van der Waals surface area (Å²) in [4.78, 5) is 30.4. The number of fused-ring (bicyclic) bond motifs is 1. The zero-order valence-electron chi connectivity index (χ0n) is 16.1. The van der Waals surface area contributed by atoms with Crippen LogP contribution in [0.15, 0.2) is 71.7 Å². The summed E-state index contributed by atoms with van der Waals surface area (Å²) in [5.74, 6) is -1.66. The number of aryl methyl sites for hydroxylation is 1. The molecule has 2 N–H and O–H groups in total. The van der Waals surface area contributed by atoms with Crippen LogP contribution in [0.5, 0.6) is 5.75 Å². The number of nitrogens with zero attached hydrogens (tertiary/aromatic N) is 2. The number of pyridine rings is 2. The Bertz CT molecular complexity index is 1310. The van der Waals surface area contributed by atoms with Gasteiger partial charge in [0.05, 0.1) is 11.1 Å². The molecule has 2 heterocycles. The average Bonchev–Trinajstić information content (AvgIpc) is 2.75. The fourth-order valence-electron chi connectivity index (χ4n) is 3.30. The number of benzene rings is 2. The molecule has 0 unspecified atom stereocenters. The molecule has 0 bridgehead atoms. The van der Waals surface area contributed by atoms with E-state index in [-0.39, 0.29) is 11.0 Å². The maximum atomic E-state index is 13.4. The quantitative estimate of drug-likeness (QED) is 0.539. The van der Waals surface area contributed by atoms with Crippen LogP contribution in [-0.2, 0) is 6.42 Å². The third-order valence-electron chi connectivity index (χ3n) is 4.81. The van der Waals surface area contributed by atoms with Gasteiger partial charge in [0.1, 0.15) is 17.1 Å². The average molecular weight is 403 g/mol. The molecule has 0 saturated heterocycles. The zero-order chi connectivity index (χ0) is 21.3. The second-order valence-corrected chi connectivity index (χ2v) is 6.72. The predicted octanol–water partition coefficient (Wildman–Crippen LogP) is 4.05. The number of anilines is 1. The third-order valence-corrected chi connectivity index (χ3v) is 4.81. The second-order valence-electron chi connectivity index (χ2n) is 6.72. The molecular weight excluding hydrogens is 385 g/mol. The van der Waals surface area contributed by atoms with Crippen LogP contribution in [0, 0.1) is 5.82 Å². The molecule has 0 aliphatic rings. The van der Waals surface area contributed by atoms with E-state index in [1.165, 1.54) is 35.0 Å². The van der Waals surface area contributed by atoms with Gasteiger partial charge < -0.3 is 10.4 Å². The molecule has 0 saturated carbocycles. The summed E-state index contributed by atoms with van der Waals surface area (Å²) in [6, 6.07) is 15.6. The normalized spacial score (nSPS) is 10.9. The Balaban J connectivity index is 1.90.